The van der Waals surface area contributed by atoms with Gasteiger partial charge in [0.2, 0.25) is 0 Å². The topological polar surface area (TPSA) is 22.0 Å². The summed E-state index contributed by atoms with van der Waals surface area (Å²) in [5.74, 6) is 0.112. The number of nitrogens with zero attached hydrogens (tertiary/aromatic N) is 1. The van der Waals surface area contributed by atoms with Crippen molar-refractivity contribution in [3.63, 3.8) is 0 Å². The Morgan fingerprint density at radius 2 is 2.25 bits per heavy atom. The Balaban J connectivity index is 3.08. The normalized spacial score (nSPS) is 10.9. The Bertz CT molecular complexity index is 321. The van der Waals surface area contributed by atoms with Crippen LogP contribution in [0.2, 0.25) is 0 Å². The van der Waals surface area contributed by atoms with Gasteiger partial charge in [0.05, 0.1) is 0 Å². The lowest BCUT2D eigenvalue weighted by Gasteiger charge is -1.92. The van der Waals surface area contributed by atoms with Gasteiger partial charge in [-0.25, -0.2) is 0 Å². The van der Waals surface area contributed by atoms with E-state index >= 15 is 0 Å². The summed E-state index contributed by atoms with van der Waals surface area (Å²) in [6, 6.07) is 1.89. The minimum absolute atomic E-state index is 0.112. The SMILES string of the molecule is C/C=C\c1cc(C(C)=O)cn1C. The second kappa shape index (κ2) is 3.39. The Morgan fingerprint density at radius 3 is 2.67 bits per heavy atom. The van der Waals surface area contributed by atoms with Crippen LogP contribution in [0.25, 0.3) is 6.08 Å². The van der Waals surface area contributed by atoms with Crippen molar-refractivity contribution < 1.29 is 4.79 Å². The molecule has 0 aliphatic carbocycles. The van der Waals surface area contributed by atoms with E-state index in [1.807, 2.05) is 43.0 Å². The molecule has 1 aromatic heterocycles. The van der Waals surface area contributed by atoms with E-state index in [1.54, 1.807) is 6.92 Å². The number of hydrogen-bond acceptors (Lipinski definition) is 1. The van der Waals surface area contributed by atoms with Crippen LogP contribution in [0.5, 0.6) is 0 Å². The van der Waals surface area contributed by atoms with Gasteiger partial charge in [-0.15, -0.1) is 0 Å². The third kappa shape index (κ3) is 1.64. The summed E-state index contributed by atoms with van der Waals surface area (Å²) in [6.07, 6.45) is 5.78. The maximum absolute atomic E-state index is 11.0. The monoisotopic (exact) mass is 163 g/mol. The zero-order valence-corrected chi connectivity index (χ0v) is 7.66. The van der Waals surface area contributed by atoms with Crippen LogP contribution < -0.4 is 0 Å². The third-order valence-corrected chi connectivity index (χ3v) is 1.79. The van der Waals surface area contributed by atoms with Crippen LogP contribution >= 0.6 is 0 Å². The molecule has 1 heterocycles. The number of aryl methyl sites for hydroxylation is 1. The van der Waals surface area contributed by atoms with Gasteiger partial charge in [0.25, 0.3) is 0 Å². The minimum Gasteiger partial charge on any atom is -0.350 e. The Labute approximate surface area is 72.5 Å². The van der Waals surface area contributed by atoms with E-state index in [2.05, 4.69) is 0 Å². The van der Waals surface area contributed by atoms with E-state index in [-0.39, 0.29) is 5.78 Å². The molecule has 1 aromatic rings. The van der Waals surface area contributed by atoms with Crippen molar-refractivity contribution in [2.75, 3.05) is 0 Å². The molecule has 0 N–H and O–H groups in total. The maximum Gasteiger partial charge on any atom is 0.161 e. The molecule has 0 atom stereocenters. The first-order valence-corrected chi connectivity index (χ1v) is 3.95. The van der Waals surface area contributed by atoms with Crippen molar-refractivity contribution in [2.45, 2.75) is 13.8 Å². The predicted octanol–water partition coefficient (Wildman–Crippen LogP) is 2.26. The fourth-order valence-corrected chi connectivity index (χ4v) is 1.11. The van der Waals surface area contributed by atoms with E-state index in [0.29, 0.717) is 0 Å². The van der Waals surface area contributed by atoms with Crippen LogP contribution in [-0.4, -0.2) is 10.4 Å². The van der Waals surface area contributed by atoms with Gasteiger partial charge >= 0.3 is 0 Å². The summed E-state index contributed by atoms with van der Waals surface area (Å²) >= 11 is 0. The zero-order valence-electron chi connectivity index (χ0n) is 7.66. The highest BCUT2D eigenvalue weighted by molar-refractivity contribution is 5.94. The molecule has 0 saturated heterocycles. The molecular formula is C10H13NO. The van der Waals surface area contributed by atoms with E-state index in [1.165, 1.54) is 0 Å². The van der Waals surface area contributed by atoms with Crippen LogP contribution in [-0.2, 0) is 7.05 Å². The molecular weight excluding hydrogens is 150 g/mol. The highest BCUT2D eigenvalue weighted by atomic mass is 16.1. The van der Waals surface area contributed by atoms with Gasteiger partial charge in [0.1, 0.15) is 0 Å². The average molecular weight is 163 g/mol. The molecule has 12 heavy (non-hydrogen) atoms. The van der Waals surface area contributed by atoms with Crippen molar-refractivity contribution in [3.05, 3.63) is 29.6 Å². The van der Waals surface area contributed by atoms with Gasteiger partial charge in [-0.3, -0.25) is 4.79 Å². The summed E-state index contributed by atoms with van der Waals surface area (Å²) in [5.41, 5.74) is 1.83. The fraction of sp³-hybridized carbons (Fsp3) is 0.300. The van der Waals surface area contributed by atoms with Gasteiger partial charge in [-0.2, -0.15) is 0 Å². The molecule has 0 spiro atoms. The Morgan fingerprint density at radius 1 is 1.58 bits per heavy atom. The number of carbonyl (C=O) groups excluding carboxylic acids is 1. The predicted molar refractivity (Wildman–Crippen MR) is 50.1 cm³/mol. The van der Waals surface area contributed by atoms with Gasteiger partial charge in [-0.1, -0.05) is 6.08 Å². The van der Waals surface area contributed by atoms with Crippen molar-refractivity contribution in [1.82, 2.24) is 4.57 Å². The molecule has 2 heteroatoms. The molecule has 0 amide bonds. The molecule has 0 aliphatic rings. The summed E-state index contributed by atoms with van der Waals surface area (Å²) in [6.45, 7) is 3.54. The number of Topliss-reactive ketones (excluding diaryl/α,β-unsaturated/α-hetero) is 1. The number of aromatic nitrogens is 1. The molecule has 0 unspecified atom stereocenters. The van der Waals surface area contributed by atoms with Crippen LogP contribution in [0.15, 0.2) is 18.3 Å². The quantitative estimate of drug-likeness (QED) is 0.613. The summed E-state index contributed by atoms with van der Waals surface area (Å²) < 4.78 is 1.94. The van der Waals surface area contributed by atoms with Gasteiger partial charge < -0.3 is 4.57 Å². The van der Waals surface area contributed by atoms with Gasteiger partial charge in [-0.05, 0) is 26.0 Å². The lowest BCUT2D eigenvalue weighted by atomic mass is 10.2. The Kier molecular flexibility index (Phi) is 2.48. The standard InChI is InChI=1S/C10H13NO/c1-4-5-10-6-9(8(2)12)7-11(10)3/h4-7H,1-3H3/b5-4-. The largest absolute Gasteiger partial charge is 0.350 e. The van der Waals surface area contributed by atoms with Crippen LogP contribution in [0, 0.1) is 0 Å². The molecule has 2 nitrogen and oxygen atoms in total. The van der Waals surface area contributed by atoms with E-state index in [0.717, 1.165) is 11.3 Å². The molecule has 1 rings (SSSR count). The lowest BCUT2D eigenvalue weighted by molar-refractivity contribution is 0.101. The number of rotatable bonds is 2. The molecule has 0 aromatic carbocycles. The first kappa shape index (κ1) is 8.78. The van der Waals surface area contributed by atoms with Crippen LogP contribution in [0.1, 0.15) is 29.9 Å². The number of ketones is 1. The van der Waals surface area contributed by atoms with Crippen LogP contribution in [0.3, 0.4) is 0 Å². The van der Waals surface area contributed by atoms with Crippen molar-refractivity contribution >= 4 is 11.9 Å². The highest BCUT2D eigenvalue weighted by Gasteiger charge is 2.03. The molecule has 64 valence electrons. The second-order valence-corrected chi connectivity index (χ2v) is 2.82. The zero-order chi connectivity index (χ0) is 9.14. The van der Waals surface area contributed by atoms with Crippen molar-refractivity contribution in [1.29, 1.82) is 0 Å². The lowest BCUT2D eigenvalue weighted by Crippen LogP contribution is -1.88. The minimum atomic E-state index is 0.112. The first-order chi connectivity index (χ1) is 5.65. The molecule has 0 saturated carbocycles. The maximum atomic E-state index is 11.0. The summed E-state index contributed by atoms with van der Waals surface area (Å²) in [5, 5.41) is 0. The average Bonchev–Trinajstić information content (AvgIpc) is 2.34. The summed E-state index contributed by atoms with van der Waals surface area (Å²) in [4.78, 5) is 11.0. The van der Waals surface area contributed by atoms with Gasteiger partial charge in [0.15, 0.2) is 5.78 Å². The number of allylic oxidation sites excluding steroid dienone is 1. The number of hydrogen-bond donors (Lipinski definition) is 0. The molecule has 0 fully saturated rings. The van der Waals surface area contributed by atoms with E-state index in [9.17, 15) is 4.79 Å². The second-order valence-electron chi connectivity index (χ2n) is 2.82. The van der Waals surface area contributed by atoms with E-state index in [4.69, 9.17) is 0 Å². The number of carbonyl (C=O) groups is 1. The molecule has 0 bridgehead atoms. The third-order valence-electron chi connectivity index (χ3n) is 1.79. The van der Waals surface area contributed by atoms with Crippen LogP contribution in [0.4, 0.5) is 0 Å². The molecule has 0 radical (unpaired) electrons. The fourth-order valence-electron chi connectivity index (χ4n) is 1.11. The smallest absolute Gasteiger partial charge is 0.161 e. The summed E-state index contributed by atoms with van der Waals surface area (Å²) in [7, 11) is 1.93. The van der Waals surface area contributed by atoms with E-state index < -0.39 is 0 Å². The van der Waals surface area contributed by atoms with Crippen molar-refractivity contribution in [2.24, 2.45) is 7.05 Å². The molecule has 0 aliphatic heterocycles. The van der Waals surface area contributed by atoms with Gasteiger partial charge in [0, 0.05) is 24.5 Å². The highest BCUT2D eigenvalue weighted by Crippen LogP contribution is 2.09. The van der Waals surface area contributed by atoms with Crippen molar-refractivity contribution in [3.8, 4) is 0 Å². The first-order valence-electron chi connectivity index (χ1n) is 3.95. The Hall–Kier alpha value is -1.31.